The van der Waals surface area contributed by atoms with Crippen LogP contribution in [-0.4, -0.2) is 18.5 Å². The van der Waals surface area contributed by atoms with Crippen molar-refractivity contribution in [3.8, 4) is 0 Å². The Hall–Kier alpha value is -0.570. The van der Waals surface area contributed by atoms with Gasteiger partial charge in [-0.2, -0.15) is 0 Å². The summed E-state index contributed by atoms with van der Waals surface area (Å²) < 4.78 is 0. The zero-order valence-corrected chi connectivity index (χ0v) is 8.23. The fourth-order valence-corrected chi connectivity index (χ4v) is 2.50. The van der Waals surface area contributed by atoms with Gasteiger partial charge in [-0.1, -0.05) is 0 Å². The van der Waals surface area contributed by atoms with Crippen molar-refractivity contribution in [1.29, 1.82) is 0 Å². The molecule has 2 saturated carbocycles. The van der Waals surface area contributed by atoms with Gasteiger partial charge in [-0.25, -0.2) is 0 Å². The van der Waals surface area contributed by atoms with Crippen molar-refractivity contribution < 1.29 is 4.79 Å². The summed E-state index contributed by atoms with van der Waals surface area (Å²) in [6, 6.07) is 0. The molecule has 0 radical (unpaired) electrons. The number of likely N-dealkylation sites (N-methyl/N-ethyl adjacent to an activating group) is 1. The SMILES string of the molecule is CNC1(C(N)=O)CCC2(CC2)CC1. The number of carbonyl (C=O) groups is 1. The number of nitrogens with two attached hydrogens (primary N) is 1. The highest BCUT2D eigenvalue weighted by molar-refractivity contribution is 5.84. The minimum absolute atomic E-state index is 0.175. The summed E-state index contributed by atoms with van der Waals surface area (Å²) >= 11 is 0. The fourth-order valence-electron chi connectivity index (χ4n) is 2.50. The van der Waals surface area contributed by atoms with Crippen molar-refractivity contribution in [2.45, 2.75) is 44.1 Å². The summed E-state index contributed by atoms with van der Waals surface area (Å²) in [6.07, 6.45) is 6.95. The quantitative estimate of drug-likeness (QED) is 0.663. The average Bonchev–Trinajstić information content (AvgIpc) is 2.87. The van der Waals surface area contributed by atoms with Gasteiger partial charge in [0.25, 0.3) is 0 Å². The maximum absolute atomic E-state index is 11.3. The number of primary amides is 1. The van der Waals surface area contributed by atoms with Crippen molar-refractivity contribution in [3.63, 3.8) is 0 Å². The van der Waals surface area contributed by atoms with E-state index in [9.17, 15) is 4.79 Å². The number of nitrogens with one attached hydrogen (secondary N) is 1. The second-order valence-electron chi connectivity index (χ2n) is 4.70. The second kappa shape index (κ2) is 2.71. The van der Waals surface area contributed by atoms with Crippen LogP contribution in [-0.2, 0) is 4.79 Å². The summed E-state index contributed by atoms with van der Waals surface area (Å²) in [6.45, 7) is 0. The number of carbonyl (C=O) groups excluding carboxylic acids is 1. The molecule has 0 aromatic heterocycles. The molecule has 3 nitrogen and oxygen atoms in total. The first-order valence-electron chi connectivity index (χ1n) is 5.11. The third-order valence-electron chi connectivity index (χ3n) is 4.07. The minimum atomic E-state index is -0.395. The van der Waals surface area contributed by atoms with Crippen molar-refractivity contribution in [1.82, 2.24) is 5.32 Å². The summed E-state index contributed by atoms with van der Waals surface area (Å²) in [5.41, 5.74) is 5.65. The van der Waals surface area contributed by atoms with Crippen LogP contribution in [0.15, 0.2) is 0 Å². The molecule has 0 aromatic rings. The highest BCUT2D eigenvalue weighted by atomic mass is 16.1. The molecule has 3 N–H and O–H groups in total. The largest absolute Gasteiger partial charge is 0.368 e. The molecule has 3 heteroatoms. The lowest BCUT2D eigenvalue weighted by molar-refractivity contribution is -0.126. The Balaban J connectivity index is 2.04. The number of hydrogen-bond acceptors (Lipinski definition) is 2. The normalized spacial score (nSPS) is 28.7. The first-order chi connectivity index (χ1) is 6.13. The number of amides is 1. The zero-order valence-electron chi connectivity index (χ0n) is 8.23. The van der Waals surface area contributed by atoms with E-state index >= 15 is 0 Å². The molecule has 0 saturated heterocycles. The van der Waals surface area contributed by atoms with E-state index in [1.54, 1.807) is 0 Å². The number of rotatable bonds is 2. The van der Waals surface area contributed by atoms with Crippen molar-refractivity contribution in [2.24, 2.45) is 11.1 Å². The van der Waals surface area contributed by atoms with Crippen LogP contribution in [0.3, 0.4) is 0 Å². The van der Waals surface area contributed by atoms with E-state index < -0.39 is 5.54 Å². The first kappa shape index (κ1) is 9.00. The number of hydrogen-bond donors (Lipinski definition) is 2. The van der Waals surface area contributed by atoms with E-state index in [2.05, 4.69) is 5.32 Å². The Morgan fingerprint density at radius 1 is 1.15 bits per heavy atom. The molecular weight excluding hydrogens is 164 g/mol. The lowest BCUT2D eigenvalue weighted by Crippen LogP contribution is -2.56. The van der Waals surface area contributed by atoms with Gasteiger partial charge in [0.15, 0.2) is 0 Å². The molecule has 2 aliphatic rings. The van der Waals surface area contributed by atoms with E-state index in [4.69, 9.17) is 5.73 Å². The lowest BCUT2D eigenvalue weighted by Gasteiger charge is -2.37. The van der Waals surface area contributed by atoms with Crippen LogP contribution in [0.2, 0.25) is 0 Å². The molecule has 0 bridgehead atoms. The van der Waals surface area contributed by atoms with Crippen LogP contribution in [0.4, 0.5) is 0 Å². The first-order valence-corrected chi connectivity index (χ1v) is 5.11. The molecule has 0 unspecified atom stereocenters. The molecule has 2 aliphatic carbocycles. The maximum Gasteiger partial charge on any atom is 0.237 e. The molecule has 0 heterocycles. The molecule has 1 spiro atoms. The Kier molecular flexibility index (Phi) is 1.88. The maximum atomic E-state index is 11.3. The van der Waals surface area contributed by atoms with Crippen LogP contribution < -0.4 is 11.1 Å². The van der Waals surface area contributed by atoms with Crippen LogP contribution in [0, 0.1) is 5.41 Å². The van der Waals surface area contributed by atoms with E-state index in [1.165, 1.54) is 25.7 Å². The lowest BCUT2D eigenvalue weighted by atomic mass is 9.74. The van der Waals surface area contributed by atoms with Gasteiger partial charge in [-0.3, -0.25) is 4.79 Å². The van der Waals surface area contributed by atoms with Crippen molar-refractivity contribution in [2.75, 3.05) is 7.05 Å². The van der Waals surface area contributed by atoms with Crippen LogP contribution in [0.1, 0.15) is 38.5 Å². The Bertz CT molecular complexity index is 223. The van der Waals surface area contributed by atoms with E-state index in [-0.39, 0.29) is 5.91 Å². The molecule has 0 atom stereocenters. The van der Waals surface area contributed by atoms with Gasteiger partial charge in [-0.05, 0) is 51.0 Å². The third-order valence-corrected chi connectivity index (χ3v) is 4.07. The highest BCUT2D eigenvalue weighted by Gasteiger charge is 2.50. The van der Waals surface area contributed by atoms with Crippen LogP contribution >= 0.6 is 0 Å². The van der Waals surface area contributed by atoms with Crippen LogP contribution in [0.5, 0.6) is 0 Å². The summed E-state index contributed by atoms with van der Waals surface area (Å²) in [7, 11) is 1.84. The van der Waals surface area contributed by atoms with Gasteiger partial charge in [0.1, 0.15) is 0 Å². The molecular formula is C10H18N2O. The third kappa shape index (κ3) is 1.35. The molecule has 2 rings (SSSR count). The molecule has 13 heavy (non-hydrogen) atoms. The monoisotopic (exact) mass is 182 g/mol. The summed E-state index contributed by atoms with van der Waals surface area (Å²) in [4.78, 5) is 11.3. The van der Waals surface area contributed by atoms with Gasteiger partial charge in [0.05, 0.1) is 5.54 Å². The topological polar surface area (TPSA) is 55.1 Å². The molecule has 0 aliphatic heterocycles. The Morgan fingerprint density at radius 2 is 1.62 bits per heavy atom. The second-order valence-corrected chi connectivity index (χ2v) is 4.70. The predicted molar refractivity (Wildman–Crippen MR) is 51.1 cm³/mol. The van der Waals surface area contributed by atoms with Crippen LogP contribution in [0.25, 0.3) is 0 Å². The van der Waals surface area contributed by atoms with E-state index in [0.717, 1.165) is 12.8 Å². The van der Waals surface area contributed by atoms with Gasteiger partial charge in [-0.15, -0.1) is 0 Å². The average molecular weight is 182 g/mol. The molecule has 74 valence electrons. The standard InChI is InChI=1S/C10H18N2O/c1-12-10(8(11)13)6-4-9(2-3-9)5-7-10/h12H,2-7H2,1H3,(H2,11,13). The Labute approximate surface area is 79.1 Å². The minimum Gasteiger partial charge on any atom is -0.368 e. The highest BCUT2D eigenvalue weighted by Crippen LogP contribution is 2.57. The van der Waals surface area contributed by atoms with E-state index in [0.29, 0.717) is 5.41 Å². The van der Waals surface area contributed by atoms with Gasteiger partial charge in [0, 0.05) is 0 Å². The predicted octanol–water partition coefficient (Wildman–Crippen LogP) is 0.784. The Morgan fingerprint density at radius 3 is 1.92 bits per heavy atom. The molecule has 2 fully saturated rings. The zero-order chi connectivity index (χ0) is 9.53. The van der Waals surface area contributed by atoms with Gasteiger partial charge < -0.3 is 11.1 Å². The molecule has 0 aromatic carbocycles. The van der Waals surface area contributed by atoms with Gasteiger partial charge >= 0.3 is 0 Å². The summed E-state index contributed by atoms with van der Waals surface area (Å²) in [5, 5.41) is 3.11. The van der Waals surface area contributed by atoms with Crippen molar-refractivity contribution >= 4 is 5.91 Å². The van der Waals surface area contributed by atoms with E-state index in [1.807, 2.05) is 7.05 Å². The fraction of sp³-hybridized carbons (Fsp3) is 0.900. The van der Waals surface area contributed by atoms with Crippen molar-refractivity contribution in [3.05, 3.63) is 0 Å². The van der Waals surface area contributed by atoms with Gasteiger partial charge in [0.2, 0.25) is 5.91 Å². The smallest absolute Gasteiger partial charge is 0.237 e. The molecule has 1 amide bonds. The summed E-state index contributed by atoms with van der Waals surface area (Å²) in [5.74, 6) is -0.175.